The second kappa shape index (κ2) is 8.45. The molecular formula is C13H26N2O3. The molecule has 1 unspecified atom stereocenters. The Bertz CT molecular complexity index is 244. The predicted octanol–water partition coefficient (Wildman–Crippen LogP) is 0.894. The van der Waals surface area contributed by atoms with Crippen LogP contribution in [0.15, 0.2) is 0 Å². The molecule has 1 aliphatic heterocycles. The highest BCUT2D eigenvalue weighted by Gasteiger charge is 2.24. The molecule has 1 N–H and O–H groups in total. The SMILES string of the molecule is CCN(CC)CC1COCCN1CCCC(=O)O. The Morgan fingerprint density at radius 1 is 1.44 bits per heavy atom. The van der Waals surface area contributed by atoms with Crippen LogP contribution < -0.4 is 0 Å². The Labute approximate surface area is 110 Å². The minimum Gasteiger partial charge on any atom is -0.481 e. The van der Waals surface area contributed by atoms with Gasteiger partial charge in [0.1, 0.15) is 0 Å². The number of carboxylic acid groups (broad SMARTS) is 1. The van der Waals surface area contributed by atoms with Crippen molar-refractivity contribution in [1.29, 1.82) is 0 Å². The van der Waals surface area contributed by atoms with E-state index in [2.05, 4.69) is 23.6 Å². The Hall–Kier alpha value is -0.650. The number of aliphatic carboxylic acids is 1. The average molecular weight is 258 g/mol. The van der Waals surface area contributed by atoms with Crippen LogP contribution in [0.25, 0.3) is 0 Å². The maximum absolute atomic E-state index is 10.5. The van der Waals surface area contributed by atoms with Gasteiger partial charge in [0.05, 0.1) is 13.2 Å². The smallest absolute Gasteiger partial charge is 0.303 e. The molecule has 0 spiro atoms. The zero-order valence-electron chi connectivity index (χ0n) is 11.6. The topological polar surface area (TPSA) is 53.0 Å². The van der Waals surface area contributed by atoms with Gasteiger partial charge in [0.2, 0.25) is 0 Å². The first-order chi connectivity index (χ1) is 8.67. The molecule has 5 nitrogen and oxygen atoms in total. The van der Waals surface area contributed by atoms with E-state index in [4.69, 9.17) is 9.84 Å². The van der Waals surface area contributed by atoms with Crippen LogP contribution in [0, 0.1) is 0 Å². The first-order valence-electron chi connectivity index (χ1n) is 6.93. The van der Waals surface area contributed by atoms with Crippen molar-refractivity contribution < 1.29 is 14.6 Å². The lowest BCUT2D eigenvalue weighted by Crippen LogP contribution is -2.51. The third kappa shape index (κ3) is 5.33. The van der Waals surface area contributed by atoms with Crippen LogP contribution in [0.1, 0.15) is 26.7 Å². The van der Waals surface area contributed by atoms with Gasteiger partial charge in [0.25, 0.3) is 0 Å². The molecule has 0 aliphatic carbocycles. The third-order valence-corrected chi connectivity index (χ3v) is 3.55. The highest BCUT2D eigenvalue weighted by atomic mass is 16.5. The summed E-state index contributed by atoms with van der Waals surface area (Å²) in [6, 6.07) is 0.410. The van der Waals surface area contributed by atoms with Crippen LogP contribution >= 0.6 is 0 Å². The molecule has 1 atom stereocenters. The lowest BCUT2D eigenvalue weighted by atomic mass is 10.2. The first-order valence-corrected chi connectivity index (χ1v) is 6.93. The van der Waals surface area contributed by atoms with Crippen molar-refractivity contribution in [1.82, 2.24) is 9.80 Å². The summed E-state index contributed by atoms with van der Waals surface area (Å²) < 4.78 is 5.54. The van der Waals surface area contributed by atoms with Gasteiger partial charge in [-0.2, -0.15) is 0 Å². The highest BCUT2D eigenvalue weighted by molar-refractivity contribution is 5.66. The van der Waals surface area contributed by atoms with Gasteiger partial charge in [0.15, 0.2) is 0 Å². The average Bonchev–Trinajstić information content (AvgIpc) is 2.37. The van der Waals surface area contributed by atoms with E-state index in [-0.39, 0.29) is 6.42 Å². The molecule has 1 rings (SSSR count). The molecule has 18 heavy (non-hydrogen) atoms. The van der Waals surface area contributed by atoms with E-state index in [1.165, 1.54) is 0 Å². The minimum absolute atomic E-state index is 0.259. The van der Waals surface area contributed by atoms with Crippen molar-refractivity contribution >= 4 is 5.97 Å². The molecule has 0 aromatic rings. The van der Waals surface area contributed by atoms with E-state index < -0.39 is 5.97 Å². The molecule has 0 aromatic carbocycles. The fourth-order valence-corrected chi connectivity index (χ4v) is 2.36. The normalized spacial score (nSPS) is 21.4. The molecule has 106 valence electrons. The maximum Gasteiger partial charge on any atom is 0.303 e. The summed E-state index contributed by atoms with van der Waals surface area (Å²) in [6.45, 7) is 10.8. The molecule has 0 amide bonds. The number of hydrogen-bond acceptors (Lipinski definition) is 4. The lowest BCUT2D eigenvalue weighted by molar-refractivity contribution is -0.137. The van der Waals surface area contributed by atoms with Crippen molar-refractivity contribution in [3.05, 3.63) is 0 Å². The zero-order chi connectivity index (χ0) is 13.4. The van der Waals surface area contributed by atoms with Gasteiger partial charge >= 0.3 is 5.97 Å². The molecule has 1 aliphatic rings. The molecule has 1 heterocycles. The van der Waals surface area contributed by atoms with Crippen molar-refractivity contribution in [2.24, 2.45) is 0 Å². The quantitative estimate of drug-likeness (QED) is 0.701. The number of likely N-dealkylation sites (N-methyl/N-ethyl adjacent to an activating group) is 1. The van der Waals surface area contributed by atoms with E-state index in [1.54, 1.807) is 0 Å². The van der Waals surface area contributed by atoms with Crippen LogP contribution in [0.3, 0.4) is 0 Å². The molecule has 1 fully saturated rings. The van der Waals surface area contributed by atoms with Crippen molar-refractivity contribution in [2.45, 2.75) is 32.7 Å². The van der Waals surface area contributed by atoms with E-state index in [0.717, 1.165) is 52.4 Å². The number of morpholine rings is 1. The summed E-state index contributed by atoms with van der Waals surface area (Å²) in [5.41, 5.74) is 0. The molecular weight excluding hydrogens is 232 g/mol. The van der Waals surface area contributed by atoms with E-state index in [9.17, 15) is 4.79 Å². The fourth-order valence-electron chi connectivity index (χ4n) is 2.36. The minimum atomic E-state index is -0.705. The molecule has 0 radical (unpaired) electrons. The Kier molecular flexibility index (Phi) is 7.23. The summed E-state index contributed by atoms with van der Waals surface area (Å²) in [5, 5.41) is 8.68. The van der Waals surface area contributed by atoms with Gasteiger partial charge in [-0.25, -0.2) is 0 Å². The lowest BCUT2D eigenvalue weighted by Gasteiger charge is -2.38. The number of ether oxygens (including phenoxy) is 1. The molecule has 0 aromatic heterocycles. The van der Waals surface area contributed by atoms with Gasteiger partial charge in [-0.15, -0.1) is 0 Å². The number of nitrogens with zero attached hydrogens (tertiary/aromatic N) is 2. The Balaban J connectivity index is 2.38. The van der Waals surface area contributed by atoms with Gasteiger partial charge in [0, 0.05) is 25.6 Å². The maximum atomic E-state index is 10.5. The van der Waals surface area contributed by atoms with Gasteiger partial charge in [-0.05, 0) is 26.1 Å². The molecule has 0 saturated carbocycles. The Morgan fingerprint density at radius 3 is 2.78 bits per heavy atom. The summed E-state index contributed by atoms with van der Waals surface area (Å²) in [7, 11) is 0. The van der Waals surface area contributed by atoms with E-state index in [1.807, 2.05) is 0 Å². The number of rotatable bonds is 8. The zero-order valence-corrected chi connectivity index (χ0v) is 11.6. The molecule has 0 bridgehead atoms. The second-order valence-electron chi connectivity index (χ2n) is 4.75. The Morgan fingerprint density at radius 2 is 2.17 bits per heavy atom. The monoisotopic (exact) mass is 258 g/mol. The van der Waals surface area contributed by atoms with Gasteiger partial charge in [-0.3, -0.25) is 9.69 Å². The van der Waals surface area contributed by atoms with Crippen molar-refractivity contribution in [3.8, 4) is 0 Å². The van der Waals surface area contributed by atoms with Crippen LogP contribution in [-0.4, -0.2) is 72.9 Å². The van der Waals surface area contributed by atoms with Crippen LogP contribution in [0.2, 0.25) is 0 Å². The van der Waals surface area contributed by atoms with Crippen molar-refractivity contribution in [3.63, 3.8) is 0 Å². The number of carbonyl (C=O) groups is 1. The fraction of sp³-hybridized carbons (Fsp3) is 0.923. The van der Waals surface area contributed by atoms with Gasteiger partial charge in [-0.1, -0.05) is 13.8 Å². The van der Waals surface area contributed by atoms with Crippen LogP contribution in [-0.2, 0) is 9.53 Å². The van der Waals surface area contributed by atoms with Crippen LogP contribution in [0.4, 0.5) is 0 Å². The summed E-state index contributed by atoms with van der Waals surface area (Å²) in [5.74, 6) is -0.705. The first kappa shape index (κ1) is 15.4. The van der Waals surface area contributed by atoms with Gasteiger partial charge < -0.3 is 14.7 Å². The second-order valence-corrected chi connectivity index (χ2v) is 4.75. The largest absolute Gasteiger partial charge is 0.481 e. The summed E-state index contributed by atoms with van der Waals surface area (Å²) in [4.78, 5) is 15.3. The standard InChI is InChI=1S/C13H26N2O3/c1-3-14(4-2)10-12-11-18-9-8-15(12)7-5-6-13(16)17/h12H,3-11H2,1-2H3,(H,16,17). The van der Waals surface area contributed by atoms with E-state index >= 15 is 0 Å². The molecule has 5 heteroatoms. The number of carboxylic acids is 1. The number of hydrogen-bond donors (Lipinski definition) is 1. The highest BCUT2D eigenvalue weighted by Crippen LogP contribution is 2.10. The summed E-state index contributed by atoms with van der Waals surface area (Å²) in [6.07, 6.45) is 0.986. The van der Waals surface area contributed by atoms with E-state index in [0.29, 0.717) is 6.04 Å². The predicted molar refractivity (Wildman–Crippen MR) is 70.8 cm³/mol. The third-order valence-electron chi connectivity index (χ3n) is 3.55. The molecule has 1 saturated heterocycles. The summed E-state index contributed by atoms with van der Waals surface area (Å²) >= 11 is 0. The van der Waals surface area contributed by atoms with Crippen molar-refractivity contribution in [2.75, 3.05) is 45.9 Å². The van der Waals surface area contributed by atoms with Crippen LogP contribution in [0.5, 0.6) is 0 Å².